The Kier molecular flexibility index (Phi) is 14.2. The van der Waals surface area contributed by atoms with Gasteiger partial charge in [0.2, 0.25) is 17.7 Å². The molecule has 430 valence electrons. The summed E-state index contributed by atoms with van der Waals surface area (Å²) in [6, 6.07) is 27.8. The summed E-state index contributed by atoms with van der Waals surface area (Å²) in [5.41, 5.74) is 3.98. The molecule has 8 aromatic rings. The van der Waals surface area contributed by atoms with Gasteiger partial charge >= 0.3 is 11.9 Å². The number of carbonyl (C=O) groups is 6. The van der Waals surface area contributed by atoms with Crippen LogP contribution in [-0.4, -0.2) is 126 Å². The fraction of sp³-hybridized carbons (Fsp3) is 0.350. The van der Waals surface area contributed by atoms with Crippen molar-refractivity contribution in [1.29, 1.82) is 0 Å². The fourth-order valence-corrected chi connectivity index (χ4v) is 14.4. The number of aliphatic carboxylic acids is 1. The first-order valence-electron chi connectivity index (χ1n) is 28.2. The number of ether oxygens (including phenoxy) is 1. The Morgan fingerprint density at radius 2 is 1.60 bits per heavy atom. The number of nitrogens with zero attached hydrogens (tertiary/aromatic N) is 8. The molecule has 0 unspecified atom stereocenters. The predicted molar refractivity (Wildman–Crippen MR) is 310 cm³/mol. The van der Waals surface area contributed by atoms with Crippen molar-refractivity contribution in [2.45, 2.75) is 87.9 Å². The molecule has 8 heterocycles. The van der Waals surface area contributed by atoms with Crippen LogP contribution in [0.2, 0.25) is 5.02 Å². The summed E-state index contributed by atoms with van der Waals surface area (Å²) >= 11 is 8.03. The standard InChI is InChI=1S/C60H56ClFN12O9S/c61-42-10-6-12-45-56(42)84-57(68-45)40-8-2-4-14-49(40)83-60(21-23-70(24-22-60)73(82)48-29-50(75)67-44-11-3-1-7-39(44)48)59(81)66-37-17-15-35(16-18-37)58(80)74-25-19-34(20-26-74)55-54-38(41-28-47-36(27-43(41)62)30-65-72(47)74)9-5-13-46(54)71(69-55)33-52(77)63-31-51(76)64-32-53(78)79/h1-14,27-28,30,34-35,37,48H,15-26,29,31-33H2,(H3-2,63,64,66,67,75,76,77,78,79,81)/p+2/t34?,35?,37?,48-,74?/m0/s1. The van der Waals surface area contributed by atoms with Crippen LogP contribution < -0.4 is 30.6 Å². The van der Waals surface area contributed by atoms with E-state index in [-0.39, 0.29) is 78.7 Å². The molecule has 5 amide bonds. The van der Waals surface area contributed by atoms with E-state index in [0.717, 1.165) is 15.1 Å². The number of hydrogen-bond donors (Lipinski definition) is 5. The monoisotopic (exact) mass is 1180 g/mol. The van der Waals surface area contributed by atoms with Crippen LogP contribution in [0.15, 0.2) is 103 Å². The Morgan fingerprint density at radius 1 is 0.857 bits per heavy atom. The topological polar surface area (TPSA) is 252 Å². The number of piperidine rings is 2. The summed E-state index contributed by atoms with van der Waals surface area (Å²) in [7, 11) is 0. The first kappa shape index (κ1) is 54.6. The lowest BCUT2D eigenvalue weighted by Crippen LogP contribution is -2.67. The Morgan fingerprint density at radius 3 is 2.38 bits per heavy atom. The van der Waals surface area contributed by atoms with Crippen molar-refractivity contribution >= 4 is 96.2 Å². The smallest absolute Gasteiger partial charge is 0.342 e. The van der Waals surface area contributed by atoms with Gasteiger partial charge in [-0.25, -0.2) is 14.2 Å². The van der Waals surface area contributed by atoms with Crippen molar-refractivity contribution in [3.63, 3.8) is 0 Å². The molecule has 3 aromatic heterocycles. The van der Waals surface area contributed by atoms with Crippen molar-refractivity contribution in [3.8, 4) is 27.4 Å². The number of carbonyl (C=O) groups excluding carboxylic acids is 5. The van der Waals surface area contributed by atoms with Crippen molar-refractivity contribution < 1.29 is 47.9 Å². The summed E-state index contributed by atoms with van der Waals surface area (Å²) in [6.45, 7) is -0.264. The quantitative estimate of drug-likeness (QED) is 0.0519. The number of aromatic nitrogens is 5. The minimum Gasteiger partial charge on any atom is -0.480 e. The van der Waals surface area contributed by atoms with Gasteiger partial charge < -0.3 is 31.1 Å². The highest BCUT2D eigenvalue weighted by Crippen LogP contribution is 2.45. The summed E-state index contributed by atoms with van der Waals surface area (Å²) in [6.07, 6.45) is 4.80. The predicted octanol–water partition coefficient (Wildman–Crippen LogP) is 7.66. The van der Waals surface area contributed by atoms with E-state index >= 15 is 14.0 Å². The summed E-state index contributed by atoms with van der Waals surface area (Å²) in [4.78, 5) is 102. The second-order valence-electron chi connectivity index (χ2n) is 22.4. The third-order valence-electron chi connectivity index (χ3n) is 17.4. The number of benzene rings is 5. The maximum Gasteiger partial charge on any atom is 0.342 e. The number of amides is 5. The molecule has 5 N–H and O–H groups in total. The molecular weight excluding hydrogens is 1120 g/mol. The molecule has 84 heavy (non-hydrogen) atoms. The van der Waals surface area contributed by atoms with E-state index in [2.05, 4.69) is 21.3 Å². The summed E-state index contributed by atoms with van der Waals surface area (Å²) in [5, 5.41) is 33.9. The number of nitrogens with one attached hydrogen (secondary N) is 4. The number of carboxylic acids is 1. The molecule has 0 spiro atoms. The molecule has 6 aliphatic rings. The number of hydrogen-bond acceptors (Lipinski definition) is 12. The highest BCUT2D eigenvalue weighted by atomic mass is 35.5. The van der Waals surface area contributed by atoms with Crippen LogP contribution >= 0.6 is 22.9 Å². The lowest BCUT2D eigenvalue weighted by Gasteiger charge is -2.43. The molecule has 2 saturated heterocycles. The number of rotatable bonds is 14. The first-order valence-corrected chi connectivity index (χ1v) is 29.4. The molecule has 24 heteroatoms. The highest BCUT2D eigenvalue weighted by molar-refractivity contribution is 7.22. The van der Waals surface area contributed by atoms with E-state index in [1.165, 1.54) is 17.4 Å². The number of quaternary nitrogens is 1. The summed E-state index contributed by atoms with van der Waals surface area (Å²) in [5.74, 6) is -3.68. The van der Waals surface area contributed by atoms with E-state index in [9.17, 15) is 24.1 Å². The summed E-state index contributed by atoms with van der Waals surface area (Å²) < 4.78 is 25.8. The third-order valence-corrected chi connectivity index (χ3v) is 19.0. The van der Waals surface area contributed by atoms with Crippen LogP contribution in [0.3, 0.4) is 0 Å². The van der Waals surface area contributed by atoms with Crippen molar-refractivity contribution in [1.82, 2.24) is 50.2 Å². The minimum absolute atomic E-state index is 0.0224. The second kappa shape index (κ2) is 21.8. The van der Waals surface area contributed by atoms with Crippen LogP contribution in [0.25, 0.3) is 53.7 Å². The number of halogens is 2. The lowest BCUT2D eigenvalue weighted by atomic mass is 9.82. The number of nitroso groups, excluding NO2 is 1. The molecule has 3 fully saturated rings. The van der Waals surface area contributed by atoms with Crippen molar-refractivity contribution in [3.05, 3.63) is 130 Å². The average molecular weight is 1180 g/mol. The Bertz CT molecular complexity index is 4030. The van der Waals surface area contributed by atoms with Crippen LogP contribution in [0.1, 0.15) is 81.0 Å². The normalized spacial score (nSPS) is 21.5. The van der Waals surface area contributed by atoms with Crippen LogP contribution in [0.5, 0.6) is 5.75 Å². The van der Waals surface area contributed by atoms with Gasteiger partial charge in [-0.15, -0.1) is 26.0 Å². The molecule has 14 rings (SSSR count). The Balaban J connectivity index is 0.747. The molecule has 5 aliphatic heterocycles. The zero-order valence-electron chi connectivity index (χ0n) is 45.4. The fourth-order valence-electron chi connectivity index (χ4n) is 13.1. The van der Waals surface area contributed by atoms with Gasteiger partial charge in [0.1, 0.15) is 59.6 Å². The van der Waals surface area contributed by atoms with E-state index < -0.39 is 54.3 Å². The Labute approximate surface area is 488 Å². The molecule has 0 radical (unpaired) electrons. The van der Waals surface area contributed by atoms with Gasteiger partial charge in [0, 0.05) is 54.0 Å². The average Bonchev–Trinajstić information content (AvgIpc) is 1.83. The number of para-hydroxylation sites is 2. The van der Waals surface area contributed by atoms with Gasteiger partial charge in [-0.05, 0) is 85.8 Å². The zero-order valence-corrected chi connectivity index (χ0v) is 47.0. The highest BCUT2D eigenvalue weighted by Gasteiger charge is 2.52. The van der Waals surface area contributed by atoms with Crippen molar-refractivity contribution in [2.75, 3.05) is 44.6 Å². The van der Waals surface area contributed by atoms with Gasteiger partial charge in [0.25, 0.3) is 11.9 Å². The zero-order chi connectivity index (χ0) is 58.0. The van der Waals surface area contributed by atoms with E-state index in [1.54, 1.807) is 38.9 Å². The number of fused-ring (bicyclic) bond motifs is 4. The molecule has 21 nitrogen and oxygen atoms in total. The molecular formula is C60H58ClFN12O9S+2. The van der Waals surface area contributed by atoms with Crippen LogP contribution in [0.4, 0.5) is 10.1 Å². The number of thiazole rings is 1. The van der Waals surface area contributed by atoms with Gasteiger partial charge in [-0.3, -0.25) is 28.7 Å². The van der Waals surface area contributed by atoms with Gasteiger partial charge in [0.05, 0.1) is 79.9 Å². The maximum atomic E-state index is 16.5. The van der Waals surface area contributed by atoms with Gasteiger partial charge in [-0.1, -0.05) is 58.9 Å². The van der Waals surface area contributed by atoms with Gasteiger partial charge in [0.15, 0.2) is 5.60 Å². The van der Waals surface area contributed by atoms with Crippen LogP contribution in [-0.2, 0) is 35.3 Å². The van der Waals surface area contributed by atoms with Crippen LogP contribution in [0, 0.1) is 16.6 Å². The third kappa shape index (κ3) is 9.85. The molecule has 5 aromatic carbocycles. The van der Waals surface area contributed by atoms with E-state index in [4.69, 9.17) is 36.6 Å². The lowest BCUT2D eigenvalue weighted by molar-refractivity contribution is -0.742. The molecule has 1 atom stereocenters. The molecule has 1 aliphatic carbocycles. The first-order chi connectivity index (χ1) is 40.6. The van der Waals surface area contributed by atoms with E-state index in [0.29, 0.717) is 117 Å². The second-order valence-corrected chi connectivity index (χ2v) is 23.8. The van der Waals surface area contributed by atoms with E-state index in [1.807, 2.05) is 72.8 Å². The number of hydrazine groups is 1. The van der Waals surface area contributed by atoms with Crippen molar-refractivity contribution in [2.24, 2.45) is 5.92 Å². The number of anilines is 1. The molecule has 1 saturated carbocycles. The largest absolute Gasteiger partial charge is 0.480 e. The Hall–Kier alpha value is -8.67. The van der Waals surface area contributed by atoms with Gasteiger partial charge in [-0.2, -0.15) is 5.10 Å². The molecule has 4 bridgehead atoms. The minimum atomic E-state index is -1.44. The number of carboxylic acid groups (broad SMARTS) is 1. The maximum absolute atomic E-state index is 16.5. The SMILES string of the molecule is O=C(O)CNC(=O)CNC(=O)Cn1nc2c3c(cccc31)-c1cc3c(cnn3[N+]3(C(=O)C4CCC(NC(=O)C5(Oc6ccccc6-c6nc7cccc(Cl)c7s6)CCN([N+](=O)[C@H]6CC(=O)Nc7ccccc76)CC5)CC4)CCC2CC3)cc1F.